The number of likely N-dealkylation sites (tertiary alicyclic amines) is 1. The molecule has 6 nitrogen and oxygen atoms in total. The molecule has 100 valence electrons. The van der Waals surface area contributed by atoms with Crippen molar-refractivity contribution >= 4 is 11.2 Å². The average molecular weight is 259 g/mol. The predicted molar refractivity (Wildman–Crippen MR) is 71.9 cm³/mol. The van der Waals surface area contributed by atoms with Crippen molar-refractivity contribution in [2.75, 3.05) is 13.6 Å². The Morgan fingerprint density at radius 3 is 2.95 bits per heavy atom. The highest BCUT2D eigenvalue weighted by atomic mass is 16.1. The van der Waals surface area contributed by atoms with Gasteiger partial charge in [-0.2, -0.15) is 0 Å². The molecule has 1 atom stereocenters. The molecule has 0 spiro atoms. The van der Waals surface area contributed by atoms with Crippen molar-refractivity contribution in [2.45, 2.75) is 31.8 Å². The van der Waals surface area contributed by atoms with E-state index in [0.717, 1.165) is 13.0 Å². The molecule has 0 N–H and O–H groups in total. The summed E-state index contributed by atoms with van der Waals surface area (Å²) in [4.78, 5) is 26.9. The normalized spacial score (nSPS) is 20.2. The zero-order valence-corrected chi connectivity index (χ0v) is 11.0. The van der Waals surface area contributed by atoms with Gasteiger partial charge < -0.3 is 4.90 Å². The van der Waals surface area contributed by atoms with Crippen molar-refractivity contribution in [1.82, 2.24) is 24.4 Å². The minimum Gasteiger partial charge on any atom is -0.303 e. The lowest BCUT2D eigenvalue weighted by molar-refractivity contribution is 0.285. The molecule has 1 aliphatic heterocycles. The summed E-state index contributed by atoms with van der Waals surface area (Å²) in [6.07, 6.45) is 8.09. The van der Waals surface area contributed by atoms with Gasteiger partial charge in [0.2, 0.25) is 0 Å². The summed E-state index contributed by atoms with van der Waals surface area (Å²) in [6.45, 7) is 1.84. The highest BCUT2D eigenvalue weighted by molar-refractivity contribution is 5.66. The third kappa shape index (κ3) is 2.35. The first-order valence-electron chi connectivity index (χ1n) is 6.62. The molecule has 2 aromatic rings. The first kappa shape index (κ1) is 12.2. The monoisotopic (exact) mass is 259 g/mol. The maximum Gasteiger partial charge on any atom is 0.281 e. The number of hydrogen-bond donors (Lipinski definition) is 0. The third-order valence-electron chi connectivity index (χ3n) is 3.84. The van der Waals surface area contributed by atoms with E-state index in [9.17, 15) is 4.79 Å². The second-order valence-corrected chi connectivity index (χ2v) is 5.04. The molecule has 1 fully saturated rings. The molecule has 0 radical (unpaired) electrons. The van der Waals surface area contributed by atoms with Crippen LogP contribution in [0.15, 0.2) is 23.5 Å². The first-order chi connectivity index (χ1) is 9.25. The van der Waals surface area contributed by atoms with Crippen molar-refractivity contribution in [2.24, 2.45) is 0 Å². The summed E-state index contributed by atoms with van der Waals surface area (Å²) in [5, 5.41) is 0. The summed E-state index contributed by atoms with van der Waals surface area (Å²) in [6, 6.07) is 0.574. The van der Waals surface area contributed by atoms with Crippen molar-refractivity contribution in [3.05, 3.63) is 29.1 Å². The zero-order chi connectivity index (χ0) is 13.2. The van der Waals surface area contributed by atoms with E-state index in [1.54, 1.807) is 17.1 Å². The fourth-order valence-electron chi connectivity index (χ4n) is 2.68. The van der Waals surface area contributed by atoms with Crippen LogP contribution >= 0.6 is 0 Å². The van der Waals surface area contributed by atoms with Crippen molar-refractivity contribution in [3.8, 4) is 0 Å². The van der Waals surface area contributed by atoms with E-state index >= 15 is 0 Å². The molecule has 3 rings (SSSR count). The Morgan fingerprint density at radius 2 is 2.16 bits per heavy atom. The fraction of sp³-hybridized carbons (Fsp3) is 0.538. The Kier molecular flexibility index (Phi) is 3.25. The third-order valence-corrected chi connectivity index (χ3v) is 3.84. The van der Waals surface area contributed by atoms with Gasteiger partial charge in [0.25, 0.3) is 5.56 Å². The molecule has 1 aliphatic rings. The fourth-order valence-corrected chi connectivity index (χ4v) is 2.68. The summed E-state index contributed by atoms with van der Waals surface area (Å²) in [5.41, 5.74) is 0.672. The molecule has 1 unspecified atom stereocenters. The van der Waals surface area contributed by atoms with Crippen LogP contribution in [0.4, 0.5) is 0 Å². The van der Waals surface area contributed by atoms with Gasteiger partial charge in [0, 0.05) is 25.0 Å². The molecule has 3 heterocycles. The Balaban J connectivity index is 1.81. The quantitative estimate of drug-likeness (QED) is 0.810. The van der Waals surface area contributed by atoms with Crippen LogP contribution in [0.2, 0.25) is 0 Å². The predicted octanol–water partition coefficient (Wildman–Crippen LogP) is 0.671. The van der Waals surface area contributed by atoms with Gasteiger partial charge in [0.1, 0.15) is 6.33 Å². The molecular formula is C13H17N5O. The Hall–Kier alpha value is -1.82. The smallest absolute Gasteiger partial charge is 0.281 e. The molecular weight excluding hydrogens is 242 g/mol. The van der Waals surface area contributed by atoms with Crippen LogP contribution in [0.25, 0.3) is 11.2 Å². The number of hydrogen-bond acceptors (Lipinski definition) is 5. The van der Waals surface area contributed by atoms with Crippen LogP contribution in [-0.2, 0) is 6.54 Å². The highest BCUT2D eigenvalue weighted by Gasteiger charge is 2.20. The van der Waals surface area contributed by atoms with Crippen molar-refractivity contribution in [3.63, 3.8) is 0 Å². The van der Waals surface area contributed by atoms with Gasteiger partial charge in [0.05, 0.1) is 0 Å². The maximum absolute atomic E-state index is 12.2. The summed E-state index contributed by atoms with van der Waals surface area (Å²) in [5.74, 6) is 0. The minimum atomic E-state index is -0.0984. The molecule has 0 aromatic carbocycles. The maximum atomic E-state index is 12.2. The van der Waals surface area contributed by atoms with Crippen LogP contribution < -0.4 is 5.56 Å². The van der Waals surface area contributed by atoms with E-state index < -0.39 is 0 Å². The number of fused-ring (bicyclic) bond motifs is 1. The molecule has 2 aromatic heterocycles. The molecule has 0 amide bonds. The zero-order valence-electron chi connectivity index (χ0n) is 11.0. The van der Waals surface area contributed by atoms with Crippen LogP contribution in [0.3, 0.4) is 0 Å². The standard InChI is InChI=1S/C13H17N5O/c1-17-7-2-3-10(17)4-8-18-9-16-12-11(13(18)19)14-5-6-15-12/h5-6,9-10H,2-4,7-8H2,1H3. The Morgan fingerprint density at radius 1 is 1.32 bits per heavy atom. The van der Waals surface area contributed by atoms with Gasteiger partial charge in [-0.15, -0.1) is 0 Å². The lowest BCUT2D eigenvalue weighted by atomic mass is 10.1. The molecule has 0 saturated carbocycles. The molecule has 19 heavy (non-hydrogen) atoms. The van der Waals surface area contributed by atoms with Gasteiger partial charge in [-0.25, -0.2) is 15.0 Å². The second kappa shape index (κ2) is 5.05. The van der Waals surface area contributed by atoms with Gasteiger partial charge in [-0.1, -0.05) is 0 Å². The summed E-state index contributed by atoms with van der Waals surface area (Å²) in [7, 11) is 2.14. The van der Waals surface area contributed by atoms with Gasteiger partial charge in [0.15, 0.2) is 11.2 Å². The van der Waals surface area contributed by atoms with Crippen molar-refractivity contribution < 1.29 is 0 Å². The Labute approximate surface area is 111 Å². The van der Waals surface area contributed by atoms with E-state index in [4.69, 9.17) is 0 Å². The van der Waals surface area contributed by atoms with Crippen LogP contribution in [0, 0.1) is 0 Å². The molecule has 0 bridgehead atoms. The van der Waals surface area contributed by atoms with Crippen LogP contribution in [0.1, 0.15) is 19.3 Å². The lowest BCUT2D eigenvalue weighted by Gasteiger charge is -2.19. The number of rotatable bonds is 3. The first-order valence-corrected chi connectivity index (χ1v) is 6.62. The average Bonchev–Trinajstić information content (AvgIpc) is 2.84. The topological polar surface area (TPSA) is 63.9 Å². The second-order valence-electron chi connectivity index (χ2n) is 5.04. The molecule has 1 saturated heterocycles. The Bertz CT molecular complexity index is 638. The minimum absolute atomic E-state index is 0.0984. The van der Waals surface area contributed by atoms with E-state index in [1.807, 2.05) is 0 Å². The number of aromatic nitrogens is 4. The van der Waals surface area contributed by atoms with Gasteiger partial charge in [-0.3, -0.25) is 9.36 Å². The molecule has 6 heteroatoms. The SMILES string of the molecule is CN1CCCC1CCn1cnc2nccnc2c1=O. The lowest BCUT2D eigenvalue weighted by Crippen LogP contribution is -2.29. The van der Waals surface area contributed by atoms with Crippen LogP contribution in [0.5, 0.6) is 0 Å². The summed E-state index contributed by atoms with van der Waals surface area (Å²) < 4.78 is 1.64. The summed E-state index contributed by atoms with van der Waals surface area (Å²) >= 11 is 0. The van der Waals surface area contributed by atoms with E-state index in [1.165, 1.54) is 19.0 Å². The number of nitrogens with zero attached hydrogens (tertiary/aromatic N) is 5. The van der Waals surface area contributed by atoms with Crippen molar-refractivity contribution in [1.29, 1.82) is 0 Å². The van der Waals surface area contributed by atoms with Crippen LogP contribution in [-0.4, -0.2) is 44.1 Å². The number of aryl methyl sites for hydroxylation is 1. The van der Waals surface area contributed by atoms with Gasteiger partial charge >= 0.3 is 0 Å². The van der Waals surface area contributed by atoms with Gasteiger partial charge in [-0.05, 0) is 32.9 Å². The van der Waals surface area contributed by atoms with E-state index in [2.05, 4.69) is 26.9 Å². The largest absolute Gasteiger partial charge is 0.303 e. The molecule has 0 aliphatic carbocycles. The van der Waals surface area contributed by atoms with E-state index in [0.29, 0.717) is 23.8 Å². The van der Waals surface area contributed by atoms with E-state index in [-0.39, 0.29) is 5.56 Å². The highest BCUT2D eigenvalue weighted by Crippen LogP contribution is 2.18.